The maximum absolute atomic E-state index is 10.8. The van der Waals surface area contributed by atoms with Crippen LogP contribution in [0.5, 0.6) is 0 Å². The third-order valence-corrected chi connectivity index (χ3v) is 5.32. The van der Waals surface area contributed by atoms with Gasteiger partial charge >= 0.3 is 206 Å². The molecule has 2 rings (SSSR count). The number of hydrogen-bond acceptors (Lipinski definition) is 12. The minimum absolute atomic E-state index is 0. The fourth-order valence-corrected chi connectivity index (χ4v) is 3.50. The van der Waals surface area contributed by atoms with Crippen molar-refractivity contribution in [1.29, 1.82) is 0 Å². The van der Waals surface area contributed by atoms with Gasteiger partial charge in [-0.1, -0.05) is 0 Å². The van der Waals surface area contributed by atoms with Crippen molar-refractivity contribution in [3.8, 4) is 0 Å². The Morgan fingerprint density at radius 2 is 1.54 bits per heavy atom. The molecule has 0 aromatic heterocycles. The first kappa shape index (κ1) is 27.5. The molecule has 2 fully saturated rings. The second kappa shape index (κ2) is 10.9. The summed E-state index contributed by atoms with van der Waals surface area (Å²) in [5.74, 6) is -2.35. The van der Waals surface area contributed by atoms with E-state index in [0.29, 0.717) is 0 Å². The van der Waals surface area contributed by atoms with Gasteiger partial charge in [-0.05, 0) is 0 Å². The van der Waals surface area contributed by atoms with Crippen molar-refractivity contribution in [3.05, 3.63) is 0 Å². The summed E-state index contributed by atoms with van der Waals surface area (Å²) in [4.78, 5) is 0. The Morgan fingerprint density at radius 3 is 2.00 bits per heavy atom. The summed E-state index contributed by atoms with van der Waals surface area (Å²) in [6.07, 6.45) is -13.9. The summed E-state index contributed by atoms with van der Waals surface area (Å²) in [6, 6.07) is 0. The molecule has 0 aromatic rings. The van der Waals surface area contributed by atoms with Crippen LogP contribution in [0.3, 0.4) is 0 Å². The first-order valence-corrected chi connectivity index (χ1v) is 11.0. The summed E-state index contributed by atoms with van der Waals surface area (Å²) >= 11 is -5.55. The van der Waals surface area contributed by atoms with E-state index in [1.165, 1.54) is 0 Å². The predicted molar refractivity (Wildman–Crippen MR) is 85.5 cm³/mol. The van der Waals surface area contributed by atoms with Crippen molar-refractivity contribution in [1.82, 2.24) is 0 Å². The van der Waals surface area contributed by atoms with Crippen LogP contribution in [0.1, 0.15) is 0 Å². The summed E-state index contributed by atoms with van der Waals surface area (Å²) in [5, 5.41) is 68.4. The zero-order chi connectivity index (χ0) is 20.6. The molecular formula is C12H24AsKO14. The van der Waals surface area contributed by atoms with Crippen molar-refractivity contribution in [2.45, 2.75) is 54.8 Å². The zero-order valence-electron chi connectivity index (χ0n) is 13.8. The molecule has 2 saturated heterocycles. The maximum atomic E-state index is 10.8. The van der Waals surface area contributed by atoms with Crippen molar-refractivity contribution in [3.63, 3.8) is 0 Å². The zero-order valence-corrected chi connectivity index (χ0v) is 15.6. The van der Waals surface area contributed by atoms with Gasteiger partial charge in [0.05, 0.1) is 0 Å². The van der Waals surface area contributed by atoms with Crippen LogP contribution < -0.4 is 0 Å². The first-order chi connectivity index (χ1) is 12.5. The van der Waals surface area contributed by atoms with Gasteiger partial charge in [0, 0.05) is 0 Å². The van der Waals surface area contributed by atoms with E-state index in [-0.39, 0.29) is 51.4 Å². The van der Waals surface area contributed by atoms with Gasteiger partial charge in [0.1, 0.15) is 0 Å². The summed E-state index contributed by atoms with van der Waals surface area (Å²) < 4.78 is 48.1. The van der Waals surface area contributed by atoms with E-state index < -0.39 is 89.1 Å². The van der Waals surface area contributed by atoms with Gasteiger partial charge < -0.3 is 0 Å². The molecule has 0 aliphatic carbocycles. The minimum atomic E-state index is -5.55. The van der Waals surface area contributed by atoms with E-state index in [4.69, 9.17) is 27.5 Å². The molecule has 28 heavy (non-hydrogen) atoms. The van der Waals surface area contributed by atoms with Crippen LogP contribution >= 0.6 is 0 Å². The quantitative estimate of drug-likeness (QED) is 0.146. The first-order valence-electron chi connectivity index (χ1n) is 7.79. The molecule has 0 aromatic carbocycles. The Labute approximate surface area is 204 Å². The third-order valence-electron chi connectivity index (χ3n) is 4.30. The fraction of sp³-hybridized carbons (Fsp3) is 1.00. The normalized spacial score (nSPS) is 44.3. The Morgan fingerprint density at radius 1 is 0.929 bits per heavy atom. The molecule has 9 N–H and O–H groups in total. The summed E-state index contributed by atoms with van der Waals surface area (Å²) in [6.45, 7) is -2.66. The molecule has 0 unspecified atom stereocenters. The van der Waals surface area contributed by atoms with Gasteiger partial charge in [-0.2, -0.15) is 0 Å². The third kappa shape index (κ3) is 6.04. The Hall–Kier alpha value is 1.47. The molecule has 162 valence electrons. The van der Waals surface area contributed by atoms with Crippen LogP contribution in [0, 0.1) is 0 Å². The van der Waals surface area contributed by atoms with E-state index in [9.17, 15) is 34.4 Å². The monoisotopic (exact) mass is 506 g/mol. The van der Waals surface area contributed by atoms with Crippen LogP contribution in [0.4, 0.5) is 0 Å². The molecule has 0 saturated carbocycles. The summed E-state index contributed by atoms with van der Waals surface area (Å²) in [5.41, 5.74) is 0. The van der Waals surface area contributed by atoms with Crippen molar-refractivity contribution >= 4 is 65.9 Å². The van der Waals surface area contributed by atoms with Gasteiger partial charge in [0.15, 0.2) is 0 Å². The Bertz CT molecular complexity index is 548. The van der Waals surface area contributed by atoms with Crippen molar-refractivity contribution < 1.29 is 65.6 Å². The number of rotatable bonds is 7. The fourth-order valence-electron chi connectivity index (χ4n) is 2.79. The van der Waals surface area contributed by atoms with Gasteiger partial charge in [0.2, 0.25) is 0 Å². The molecule has 0 spiro atoms. The molecule has 2 aliphatic heterocycles. The number of ether oxygens (including phenoxy) is 3. The van der Waals surface area contributed by atoms with Crippen molar-refractivity contribution in [2.75, 3.05) is 19.8 Å². The molecule has 16 heteroatoms. The molecule has 0 radical (unpaired) electrons. The van der Waals surface area contributed by atoms with E-state index in [1.807, 2.05) is 0 Å². The van der Waals surface area contributed by atoms with Gasteiger partial charge in [-0.25, -0.2) is 0 Å². The standard InChI is InChI=1S/C12H23AsO14.K.H/c14-1-4-7(17)10(20)12(3-15,26-4)27-11-9(19)8(18)6(16)5(25-11)2-24-13(21,22)23;;/h4-11,14-20H,1-3H2,(H2,21,22,23);;/t4-,5-,6-,7-,8+,9-,10+,11-,12+;;/m1../s1. The molecular weight excluding hydrogens is 482 g/mol. The van der Waals surface area contributed by atoms with E-state index in [0.717, 1.165) is 0 Å². The van der Waals surface area contributed by atoms with E-state index >= 15 is 0 Å². The topological polar surface area (TPSA) is 236 Å². The number of aliphatic hydroxyl groups excluding tert-OH is 7. The average molecular weight is 506 g/mol. The second-order valence-electron chi connectivity index (χ2n) is 6.16. The molecule has 0 bridgehead atoms. The van der Waals surface area contributed by atoms with Crippen LogP contribution in [0.2, 0.25) is 0 Å². The number of aliphatic hydroxyl groups is 7. The second-order valence-corrected chi connectivity index (χ2v) is 8.76. The Balaban J connectivity index is 0.00000392. The van der Waals surface area contributed by atoms with Gasteiger partial charge in [0.25, 0.3) is 0 Å². The Kier molecular flexibility index (Phi) is 10.7. The van der Waals surface area contributed by atoms with E-state index in [1.54, 1.807) is 0 Å². The van der Waals surface area contributed by atoms with E-state index in [2.05, 4.69) is 3.73 Å². The SMILES string of the molecule is O=[As](O)(O)OC[C@H]1O[C@H](O[C@]2(CO)O[C@H](CO)[C@@H](O)[C@@H]2O)[C@H](O)[C@@H](O)[C@@H]1O.[KH]. The van der Waals surface area contributed by atoms with Crippen LogP contribution in [0.15, 0.2) is 0 Å². The average Bonchev–Trinajstić information content (AvgIpc) is 2.85. The van der Waals surface area contributed by atoms with Crippen LogP contribution in [-0.4, -0.2) is 184 Å². The van der Waals surface area contributed by atoms with Crippen molar-refractivity contribution in [2.24, 2.45) is 0 Å². The molecule has 0 amide bonds. The molecule has 2 heterocycles. The summed E-state index contributed by atoms with van der Waals surface area (Å²) in [7, 11) is 0. The van der Waals surface area contributed by atoms with Crippen LogP contribution in [-0.2, 0) is 21.7 Å². The predicted octanol–water partition coefficient (Wildman–Crippen LogP) is -7.17. The van der Waals surface area contributed by atoms with Gasteiger partial charge in [-0.3, -0.25) is 0 Å². The molecule has 9 atom stereocenters. The molecule has 14 nitrogen and oxygen atoms in total. The molecule has 2 aliphatic rings. The van der Waals surface area contributed by atoms with Crippen LogP contribution in [0.25, 0.3) is 0 Å². The van der Waals surface area contributed by atoms with Gasteiger partial charge in [-0.15, -0.1) is 0 Å². The number of hydrogen-bond donors (Lipinski definition) is 9.